The quantitative estimate of drug-likeness (QED) is 0.896. The average Bonchev–Trinajstić information content (AvgIpc) is 2.20. The highest BCUT2D eigenvalue weighted by Gasteiger charge is 2.14. The van der Waals surface area contributed by atoms with Crippen molar-refractivity contribution in [1.29, 1.82) is 0 Å². The second-order valence-corrected chi connectivity index (χ2v) is 4.39. The monoisotopic (exact) mass is 289 g/mol. The first-order chi connectivity index (χ1) is 7.45. The maximum absolute atomic E-state index is 13.5. The second kappa shape index (κ2) is 5.41. The van der Waals surface area contributed by atoms with E-state index >= 15 is 0 Å². The fourth-order valence-electron chi connectivity index (χ4n) is 1.45. The molecule has 0 saturated heterocycles. The van der Waals surface area contributed by atoms with Crippen LogP contribution in [0.3, 0.4) is 0 Å². The Hall–Kier alpha value is -0.940. The molecule has 0 amide bonds. The summed E-state index contributed by atoms with van der Waals surface area (Å²) in [7, 11) is 0. The number of aryl methyl sites for hydroxylation is 1. The lowest BCUT2D eigenvalue weighted by Crippen LogP contribution is -2.15. The van der Waals surface area contributed by atoms with E-state index in [-0.39, 0.29) is 12.2 Å². The van der Waals surface area contributed by atoms with Gasteiger partial charge in [-0.15, -0.1) is 0 Å². The van der Waals surface area contributed by atoms with E-state index in [1.807, 2.05) is 6.92 Å². The van der Waals surface area contributed by atoms with Gasteiger partial charge in [0, 0.05) is 6.04 Å². The van der Waals surface area contributed by atoms with Crippen LogP contribution < -0.4 is 5.73 Å². The highest BCUT2D eigenvalue weighted by molar-refractivity contribution is 9.10. The minimum atomic E-state index is -0.967. The van der Waals surface area contributed by atoms with Crippen molar-refractivity contribution in [2.75, 3.05) is 0 Å². The van der Waals surface area contributed by atoms with Crippen LogP contribution in [0.15, 0.2) is 16.6 Å². The molecule has 1 atom stereocenters. The van der Waals surface area contributed by atoms with Crippen LogP contribution >= 0.6 is 15.9 Å². The largest absolute Gasteiger partial charge is 0.481 e. The zero-order valence-electron chi connectivity index (χ0n) is 8.84. The van der Waals surface area contributed by atoms with Crippen molar-refractivity contribution in [2.24, 2.45) is 5.73 Å². The van der Waals surface area contributed by atoms with Gasteiger partial charge >= 0.3 is 5.97 Å². The Kier molecular flexibility index (Phi) is 4.44. The molecule has 3 nitrogen and oxygen atoms in total. The minimum absolute atomic E-state index is 0.165. The summed E-state index contributed by atoms with van der Waals surface area (Å²) >= 11 is 3.09. The van der Waals surface area contributed by atoms with E-state index in [1.165, 1.54) is 6.07 Å². The van der Waals surface area contributed by atoms with Gasteiger partial charge in [-0.3, -0.25) is 4.79 Å². The maximum Gasteiger partial charge on any atom is 0.305 e. The summed E-state index contributed by atoms with van der Waals surface area (Å²) in [5, 5.41) is 8.63. The van der Waals surface area contributed by atoms with Crippen molar-refractivity contribution in [1.82, 2.24) is 0 Å². The Morgan fingerprint density at radius 1 is 1.62 bits per heavy atom. The number of nitrogens with two attached hydrogens (primary N) is 1. The summed E-state index contributed by atoms with van der Waals surface area (Å²) in [6, 6.07) is 2.54. The second-order valence-electron chi connectivity index (χ2n) is 3.53. The Morgan fingerprint density at radius 3 is 2.75 bits per heavy atom. The number of hydrogen-bond acceptors (Lipinski definition) is 2. The van der Waals surface area contributed by atoms with Crippen LogP contribution in [-0.4, -0.2) is 11.1 Å². The number of hydrogen-bond donors (Lipinski definition) is 2. The summed E-state index contributed by atoms with van der Waals surface area (Å²) in [5.41, 5.74) is 6.88. The Morgan fingerprint density at radius 2 is 2.25 bits per heavy atom. The molecule has 0 fully saturated rings. The van der Waals surface area contributed by atoms with Crippen LogP contribution in [0.5, 0.6) is 0 Å². The molecule has 0 aliphatic rings. The lowest BCUT2D eigenvalue weighted by molar-refractivity contribution is -0.137. The van der Waals surface area contributed by atoms with Crippen LogP contribution in [0.2, 0.25) is 0 Å². The maximum atomic E-state index is 13.5. The third-order valence-corrected chi connectivity index (χ3v) is 2.91. The summed E-state index contributed by atoms with van der Waals surface area (Å²) in [4.78, 5) is 10.5. The summed E-state index contributed by atoms with van der Waals surface area (Å²) in [5.74, 6) is -1.28. The van der Waals surface area contributed by atoms with Crippen LogP contribution in [0.1, 0.15) is 30.5 Å². The molecule has 0 saturated carbocycles. The van der Waals surface area contributed by atoms with Crippen LogP contribution in [-0.2, 0) is 11.2 Å². The van der Waals surface area contributed by atoms with Crippen LogP contribution in [0.25, 0.3) is 0 Å². The Balaban J connectivity index is 3.05. The average molecular weight is 290 g/mol. The van der Waals surface area contributed by atoms with E-state index in [0.717, 1.165) is 0 Å². The molecular formula is C11H13BrFNO2. The molecule has 16 heavy (non-hydrogen) atoms. The van der Waals surface area contributed by atoms with Crippen molar-refractivity contribution in [3.8, 4) is 0 Å². The molecule has 1 aromatic carbocycles. The minimum Gasteiger partial charge on any atom is -0.481 e. The lowest BCUT2D eigenvalue weighted by Gasteiger charge is -2.12. The van der Waals surface area contributed by atoms with Gasteiger partial charge in [-0.25, -0.2) is 4.39 Å². The topological polar surface area (TPSA) is 63.3 Å². The van der Waals surface area contributed by atoms with Crippen molar-refractivity contribution in [3.05, 3.63) is 33.5 Å². The first-order valence-corrected chi connectivity index (χ1v) is 5.70. The normalized spacial score (nSPS) is 12.5. The lowest BCUT2D eigenvalue weighted by atomic mass is 10.0. The van der Waals surface area contributed by atoms with Gasteiger partial charge < -0.3 is 10.8 Å². The molecule has 0 bridgehead atoms. The van der Waals surface area contributed by atoms with Gasteiger partial charge in [-0.05, 0) is 39.5 Å². The summed E-state index contributed by atoms with van der Waals surface area (Å²) in [6.07, 6.45) is 0.374. The number of benzene rings is 1. The predicted molar refractivity (Wildman–Crippen MR) is 62.7 cm³/mol. The van der Waals surface area contributed by atoms with E-state index in [1.54, 1.807) is 6.07 Å². The van der Waals surface area contributed by atoms with Crippen LogP contribution in [0, 0.1) is 5.82 Å². The van der Waals surface area contributed by atoms with E-state index in [4.69, 9.17) is 10.8 Å². The first-order valence-electron chi connectivity index (χ1n) is 4.90. The Labute approximate surface area is 102 Å². The van der Waals surface area contributed by atoms with Crippen molar-refractivity contribution in [3.63, 3.8) is 0 Å². The molecule has 0 heterocycles. The zero-order valence-corrected chi connectivity index (χ0v) is 10.4. The Bertz CT molecular complexity index is 409. The number of halogens is 2. The molecule has 1 unspecified atom stereocenters. The molecule has 0 spiro atoms. The smallest absolute Gasteiger partial charge is 0.305 e. The van der Waals surface area contributed by atoms with Crippen molar-refractivity contribution in [2.45, 2.75) is 25.8 Å². The molecular weight excluding hydrogens is 277 g/mol. The summed E-state index contributed by atoms with van der Waals surface area (Å²) < 4.78 is 13.8. The van der Waals surface area contributed by atoms with Crippen LogP contribution in [0.4, 0.5) is 4.39 Å². The van der Waals surface area contributed by atoms with Crippen molar-refractivity contribution < 1.29 is 14.3 Å². The molecule has 0 aliphatic carbocycles. The molecule has 0 aromatic heterocycles. The van der Waals surface area contributed by atoms with Gasteiger partial charge in [0.05, 0.1) is 10.9 Å². The number of carboxylic acid groups (broad SMARTS) is 1. The number of aliphatic carboxylic acids is 1. The summed E-state index contributed by atoms with van der Waals surface area (Å²) in [6.45, 7) is 1.83. The molecule has 1 aromatic rings. The number of carbonyl (C=O) groups is 1. The van der Waals surface area contributed by atoms with E-state index in [2.05, 4.69) is 15.9 Å². The van der Waals surface area contributed by atoms with Gasteiger partial charge in [0.1, 0.15) is 5.82 Å². The third-order valence-electron chi connectivity index (χ3n) is 2.33. The molecule has 3 N–H and O–H groups in total. The standard InChI is InChI=1S/C11H13BrFNO2/c1-2-6-3-7(4-8(12)11(6)13)9(14)5-10(15)16/h3-4,9H,2,5,14H2,1H3,(H,15,16). The highest BCUT2D eigenvalue weighted by atomic mass is 79.9. The first kappa shape index (κ1) is 13.1. The van der Waals surface area contributed by atoms with Gasteiger partial charge in [-0.1, -0.05) is 13.0 Å². The highest BCUT2D eigenvalue weighted by Crippen LogP contribution is 2.25. The molecule has 0 aliphatic heterocycles. The molecule has 0 radical (unpaired) electrons. The molecule has 1 rings (SSSR count). The fraction of sp³-hybridized carbons (Fsp3) is 0.364. The number of rotatable bonds is 4. The van der Waals surface area contributed by atoms with Gasteiger partial charge in [-0.2, -0.15) is 0 Å². The predicted octanol–water partition coefficient (Wildman–Crippen LogP) is 2.63. The van der Waals surface area contributed by atoms with Gasteiger partial charge in [0.15, 0.2) is 0 Å². The number of carboxylic acids is 1. The van der Waals surface area contributed by atoms with Gasteiger partial charge in [0.25, 0.3) is 0 Å². The molecule has 88 valence electrons. The fourth-order valence-corrected chi connectivity index (χ4v) is 1.97. The van der Waals surface area contributed by atoms with Gasteiger partial charge in [0.2, 0.25) is 0 Å². The third kappa shape index (κ3) is 3.02. The van der Waals surface area contributed by atoms with Crippen molar-refractivity contribution >= 4 is 21.9 Å². The van der Waals surface area contributed by atoms with E-state index in [0.29, 0.717) is 22.0 Å². The van der Waals surface area contributed by atoms with E-state index in [9.17, 15) is 9.18 Å². The molecule has 5 heteroatoms. The van der Waals surface area contributed by atoms with E-state index < -0.39 is 12.0 Å². The SMILES string of the molecule is CCc1cc(C(N)CC(=O)O)cc(Br)c1F. The zero-order chi connectivity index (χ0) is 12.3.